The molecule has 1 fully saturated rings. The zero-order chi connectivity index (χ0) is 14.6. The number of ether oxygens (including phenoxy) is 2. The van der Waals surface area contributed by atoms with E-state index < -0.39 is 10.0 Å². The third kappa shape index (κ3) is 3.69. The predicted octanol–water partition coefficient (Wildman–Crippen LogP) is 0.270. The van der Waals surface area contributed by atoms with Crippen LogP contribution < -0.4 is 14.8 Å². The van der Waals surface area contributed by atoms with Crippen LogP contribution in [0.1, 0.15) is 5.56 Å². The lowest BCUT2D eigenvalue weighted by Crippen LogP contribution is -2.48. The topological polar surface area (TPSA) is 76.7 Å². The highest BCUT2D eigenvalue weighted by molar-refractivity contribution is 7.89. The van der Waals surface area contributed by atoms with Gasteiger partial charge in [0.15, 0.2) is 0 Å². The quantitative estimate of drug-likeness (QED) is 0.816. The van der Waals surface area contributed by atoms with Crippen LogP contribution >= 0.6 is 0 Å². The molecule has 2 N–H and O–H groups in total. The molecular weight excluding hydrogens is 280 g/mol. The van der Waals surface area contributed by atoms with Crippen LogP contribution in [0.3, 0.4) is 0 Å². The Balaban J connectivity index is 2.11. The van der Waals surface area contributed by atoms with Crippen LogP contribution in [0, 0.1) is 6.92 Å². The molecule has 1 unspecified atom stereocenters. The lowest BCUT2D eigenvalue weighted by molar-refractivity contribution is 0.0784. The third-order valence-corrected chi connectivity index (χ3v) is 4.57. The van der Waals surface area contributed by atoms with Crippen LogP contribution in [0.4, 0.5) is 0 Å². The van der Waals surface area contributed by atoms with Crippen molar-refractivity contribution in [2.24, 2.45) is 0 Å². The van der Waals surface area contributed by atoms with Crippen molar-refractivity contribution in [2.75, 3.05) is 33.4 Å². The van der Waals surface area contributed by atoms with Crippen LogP contribution in [-0.4, -0.2) is 47.9 Å². The molecule has 1 atom stereocenters. The van der Waals surface area contributed by atoms with Gasteiger partial charge in [-0.3, -0.25) is 0 Å². The van der Waals surface area contributed by atoms with Crippen molar-refractivity contribution in [3.05, 3.63) is 23.8 Å². The third-order valence-electron chi connectivity index (χ3n) is 3.13. The number of hydrogen-bond donors (Lipinski definition) is 2. The number of aryl methyl sites for hydroxylation is 1. The summed E-state index contributed by atoms with van der Waals surface area (Å²) in [7, 11) is -2.14. The molecule has 1 heterocycles. The molecule has 20 heavy (non-hydrogen) atoms. The highest BCUT2D eigenvalue weighted by Crippen LogP contribution is 2.24. The number of nitrogens with one attached hydrogen (secondary N) is 2. The van der Waals surface area contributed by atoms with Crippen LogP contribution in [0.2, 0.25) is 0 Å². The van der Waals surface area contributed by atoms with Crippen molar-refractivity contribution < 1.29 is 17.9 Å². The van der Waals surface area contributed by atoms with Gasteiger partial charge in [0.05, 0.1) is 20.3 Å². The average molecular weight is 300 g/mol. The molecule has 0 aliphatic carbocycles. The van der Waals surface area contributed by atoms with E-state index in [2.05, 4.69) is 10.0 Å². The van der Waals surface area contributed by atoms with Crippen LogP contribution in [0.5, 0.6) is 5.75 Å². The van der Waals surface area contributed by atoms with Crippen LogP contribution in [0.15, 0.2) is 23.1 Å². The fourth-order valence-corrected chi connectivity index (χ4v) is 3.37. The largest absolute Gasteiger partial charge is 0.495 e. The first kappa shape index (κ1) is 15.2. The summed E-state index contributed by atoms with van der Waals surface area (Å²) in [6, 6.07) is 5.07. The van der Waals surface area contributed by atoms with Crippen molar-refractivity contribution in [1.29, 1.82) is 0 Å². The highest BCUT2D eigenvalue weighted by Gasteiger charge is 2.22. The second kappa shape index (κ2) is 6.53. The Hall–Kier alpha value is -1.15. The van der Waals surface area contributed by atoms with E-state index in [4.69, 9.17) is 9.47 Å². The van der Waals surface area contributed by atoms with Gasteiger partial charge in [-0.05, 0) is 24.6 Å². The molecule has 1 aliphatic heterocycles. The molecule has 0 aromatic heterocycles. The fourth-order valence-electron chi connectivity index (χ4n) is 2.03. The number of morpholine rings is 1. The van der Waals surface area contributed by atoms with Gasteiger partial charge in [-0.1, -0.05) is 6.07 Å². The standard InChI is InChI=1S/C13H20N2O4S/c1-10-3-4-12(18-2)13(7-10)20(16,17)15-8-11-9-19-6-5-14-11/h3-4,7,11,14-15H,5-6,8-9H2,1-2H3. The molecule has 1 aromatic rings. The minimum absolute atomic E-state index is 0.00525. The maximum atomic E-state index is 12.3. The van der Waals surface area contributed by atoms with Crippen LogP contribution in [0.25, 0.3) is 0 Å². The second-order valence-corrected chi connectivity index (χ2v) is 6.47. The van der Waals surface area contributed by atoms with E-state index >= 15 is 0 Å². The average Bonchev–Trinajstić information content (AvgIpc) is 2.46. The van der Waals surface area contributed by atoms with Gasteiger partial charge in [0.2, 0.25) is 10.0 Å². The number of rotatable bonds is 5. The van der Waals surface area contributed by atoms with Gasteiger partial charge in [-0.25, -0.2) is 13.1 Å². The van der Waals surface area contributed by atoms with Crippen molar-refractivity contribution in [1.82, 2.24) is 10.0 Å². The summed E-state index contributed by atoms with van der Waals surface area (Å²) in [5.41, 5.74) is 0.866. The number of hydrogen-bond acceptors (Lipinski definition) is 5. The zero-order valence-electron chi connectivity index (χ0n) is 11.7. The monoisotopic (exact) mass is 300 g/mol. The van der Waals surface area contributed by atoms with Gasteiger partial charge in [-0.2, -0.15) is 0 Å². The van der Waals surface area contributed by atoms with Gasteiger partial charge < -0.3 is 14.8 Å². The SMILES string of the molecule is COc1ccc(C)cc1S(=O)(=O)NCC1COCCN1. The predicted molar refractivity (Wildman–Crippen MR) is 75.5 cm³/mol. The Morgan fingerprint density at radius 3 is 2.95 bits per heavy atom. The summed E-state index contributed by atoms with van der Waals surface area (Å²) in [4.78, 5) is 0.164. The molecular formula is C13H20N2O4S. The molecule has 0 radical (unpaired) electrons. The Bertz CT molecular complexity index is 553. The Kier molecular flexibility index (Phi) is 4.98. The van der Waals surface area contributed by atoms with E-state index in [0.29, 0.717) is 25.5 Å². The van der Waals surface area contributed by atoms with E-state index in [1.54, 1.807) is 12.1 Å². The molecule has 2 rings (SSSR count). The summed E-state index contributed by atoms with van der Waals surface area (Å²) in [5, 5.41) is 3.20. The molecule has 0 amide bonds. The fraction of sp³-hybridized carbons (Fsp3) is 0.538. The van der Waals surface area contributed by atoms with Crippen molar-refractivity contribution >= 4 is 10.0 Å². The molecule has 6 nitrogen and oxygen atoms in total. The molecule has 1 aliphatic rings. The maximum absolute atomic E-state index is 12.3. The first-order valence-corrected chi connectivity index (χ1v) is 7.96. The van der Waals surface area contributed by atoms with E-state index in [0.717, 1.165) is 12.1 Å². The van der Waals surface area contributed by atoms with Crippen molar-refractivity contribution in [3.63, 3.8) is 0 Å². The molecule has 0 bridgehead atoms. The van der Waals surface area contributed by atoms with Gasteiger partial charge in [0.25, 0.3) is 0 Å². The van der Waals surface area contributed by atoms with Gasteiger partial charge in [-0.15, -0.1) is 0 Å². The Labute approximate surface area is 119 Å². The van der Waals surface area contributed by atoms with Gasteiger partial charge in [0, 0.05) is 19.1 Å². The lowest BCUT2D eigenvalue weighted by atomic mass is 10.2. The van der Waals surface area contributed by atoms with E-state index in [-0.39, 0.29) is 10.9 Å². The second-order valence-electron chi connectivity index (χ2n) is 4.73. The normalized spacial score (nSPS) is 19.8. The molecule has 1 saturated heterocycles. The lowest BCUT2D eigenvalue weighted by Gasteiger charge is -2.24. The number of sulfonamides is 1. The van der Waals surface area contributed by atoms with Gasteiger partial charge >= 0.3 is 0 Å². The summed E-state index contributed by atoms with van der Waals surface area (Å²) in [6.07, 6.45) is 0. The van der Waals surface area contributed by atoms with Crippen molar-refractivity contribution in [3.8, 4) is 5.75 Å². The molecule has 0 spiro atoms. The summed E-state index contributed by atoms with van der Waals surface area (Å²) in [6.45, 7) is 4.04. The number of methoxy groups -OCH3 is 1. The minimum atomic E-state index is -3.60. The summed E-state index contributed by atoms with van der Waals surface area (Å²) < 4.78 is 37.7. The van der Waals surface area contributed by atoms with E-state index in [9.17, 15) is 8.42 Å². The first-order chi connectivity index (χ1) is 9.53. The Morgan fingerprint density at radius 2 is 2.30 bits per heavy atom. The Morgan fingerprint density at radius 1 is 1.50 bits per heavy atom. The number of benzene rings is 1. The highest BCUT2D eigenvalue weighted by atomic mass is 32.2. The minimum Gasteiger partial charge on any atom is -0.495 e. The maximum Gasteiger partial charge on any atom is 0.244 e. The smallest absolute Gasteiger partial charge is 0.244 e. The molecule has 7 heteroatoms. The van der Waals surface area contributed by atoms with Crippen LogP contribution in [-0.2, 0) is 14.8 Å². The van der Waals surface area contributed by atoms with Gasteiger partial charge in [0.1, 0.15) is 10.6 Å². The summed E-state index contributed by atoms with van der Waals surface area (Å²) >= 11 is 0. The molecule has 0 saturated carbocycles. The van der Waals surface area contributed by atoms with Crippen molar-refractivity contribution in [2.45, 2.75) is 17.9 Å². The first-order valence-electron chi connectivity index (χ1n) is 6.48. The summed E-state index contributed by atoms with van der Waals surface area (Å²) in [5.74, 6) is 0.343. The van der Waals surface area contributed by atoms with E-state index in [1.807, 2.05) is 13.0 Å². The molecule has 1 aromatic carbocycles. The zero-order valence-corrected chi connectivity index (χ0v) is 12.5. The molecule has 112 valence electrons. The van der Waals surface area contributed by atoms with E-state index in [1.165, 1.54) is 7.11 Å².